The van der Waals surface area contributed by atoms with E-state index in [0.29, 0.717) is 18.4 Å². The molecule has 1 aromatic heterocycles. The molecular formula is C20H18BrFN4O4S. The fourth-order valence-electron chi connectivity index (χ4n) is 3.35. The molecule has 0 saturated carbocycles. The molecule has 8 nitrogen and oxygen atoms in total. The highest BCUT2D eigenvalue weighted by atomic mass is 79.9. The van der Waals surface area contributed by atoms with E-state index in [1.54, 1.807) is 12.1 Å². The summed E-state index contributed by atoms with van der Waals surface area (Å²) in [6.07, 6.45) is 1.04. The van der Waals surface area contributed by atoms with Gasteiger partial charge in [-0.2, -0.15) is 4.31 Å². The monoisotopic (exact) mass is 508 g/mol. The Balaban J connectivity index is 1.44. The number of amides is 1. The lowest BCUT2D eigenvalue weighted by atomic mass is 9.99. The van der Waals surface area contributed by atoms with E-state index in [2.05, 4.69) is 31.4 Å². The Labute approximate surface area is 186 Å². The summed E-state index contributed by atoms with van der Waals surface area (Å²) in [6, 6.07) is 11.9. The number of benzene rings is 2. The molecule has 0 spiro atoms. The van der Waals surface area contributed by atoms with Crippen molar-refractivity contribution in [3.05, 3.63) is 58.8 Å². The normalized spacial score (nSPS) is 17.4. The van der Waals surface area contributed by atoms with E-state index in [1.165, 1.54) is 16.4 Å². The maximum atomic E-state index is 13.1. The standard InChI is InChI=1S/C20H18BrFN4O4S/c21-15-5-1-3-13(11-15)19-24-25-20(30-19)23-18(27)14-4-2-10-26(12-14)31(28,29)17-8-6-16(22)7-9-17/h1,3,5-9,11,14H,2,4,10,12H2,(H,23,25,27). The van der Waals surface area contributed by atoms with Crippen molar-refractivity contribution in [1.29, 1.82) is 0 Å². The molecule has 1 fully saturated rings. The van der Waals surface area contributed by atoms with Crippen LogP contribution in [0.2, 0.25) is 0 Å². The third-order valence-corrected chi connectivity index (χ3v) is 7.31. The van der Waals surface area contributed by atoms with Crippen LogP contribution in [-0.4, -0.2) is 41.9 Å². The van der Waals surface area contributed by atoms with Gasteiger partial charge in [0.05, 0.1) is 10.8 Å². The van der Waals surface area contributed by atoms with Gasteiger partial charge in [0.25, 0.3) is 0 Å². The zero-order chi connectivity index (χ0) is 22.0. The molecule has 2 heterocycles. The quantitative estimate of drug-likeness (QED) is 0.563. The zero-order valence-electron chi connectivity index (χ0n) is 16.2. The van der Waals surface area contributed by atoms with Gasteiger partial charge in [-0.15, -0.1) is 5.10 Å². The van der Waals surface area contributed by atoms with Crippen LogP contribution in [0.1, 0.15) is 12.8 Å². The van der Waals surface area contributed by atoms with Crippen molar-refractivity contribution in [1.82, 2.24) is 14.5 Å². The maximum Gasteiger partial charge on any atom is 0.322 e. The fraction of sp³-hybridized carbons (Fsp3) is 0.250. The lowest BCUT2D eigenvalue weighted by Gasteiger charge is -2.30. The minimum absolute atomic E-state index is 0.00877. The Hall–Kier alpha value is -2.63. The van der Waals surface area contributed by atoms with Crippen molar-refractivity contribution >= 4 is 37.9 Å². The van der Waals surface area contributed by atoms with Gasteiger partial charge in [0.15, 0.2) is 0 Å². The molecule has 1 unspecified atom stereocenters. The SMILES string of the molecule is O=C(Nc1nnc(-c2cccc(Br)c2)o1)C1CCCN(S(=O)(=O)c2ccc(F)cc2)C1. The molecule has 2 aromatic carbocycles. The van der Waals surface area contributed by atoms with Crippen LogP contribution in [0.25, 0.3) is 11.5 Å². The molecule has 3 aromatic rings. The van der Waals surface area contributed by atoms with Gasteiger partial charge >= 0.3 is 6.01 Å². The van der Waals surface area contributed by atoms with E-state index in [1.807, 2.05) is 12.1 Å². The van der Waals surface area contributed by atoms with Crippen molar-refractivity contribution in [3.63, 3.8) is 0 Å². The van der Waals surface area contributed by atoms with Crippen LogP contribution in [0.15, 0.2) is 62.3 Å². The molecule has 11 heteroatoms. The molecule has 1 atom stereocenters. The number of piperidine rings is 1. The topological polar surface area (TPSA) is 105 Å². The first-order valence-electron chi connectivity index (χ1n) is 9.49. The Morgan fingerprint density at radius 1 is 1.19 bits per heavy atom. The Morgan fingerprint density at radius 2 is 1.97 bits per heavy atom. The number of rotatable bonds is 5. The van der Waals surface area contributed by atoms with Gasteiger partial charge in [-0.05, 0) is 55.3 Å². The van der Waals surface area contributed by atoms with Crippen molar-refractivity contribution in [2.24, 2.45) is 5.92 Å². The Morgan fingerprint density at radius 3 is 2.71 bits per heavy atom. The molecule has 1 aliphatic heterocycles. The van der Waals surface area contributed by atoms with E-state index in [0.717, 1.165) is 16.6 Å². The van der Waals surface area contributed by atoms with Gasteiger partial charge < -0.3 is 4.42 Å². The van der Waals surface area contributed by atoms with E-state index in [4.69, 9.17) is 4.42 Å². The maximum absolute atomic E-state index is 13.1. The molecule has 0 aliphatic carbocycles. The Bertz CT molecular complexity index is 1200. The summed E-state index contributed by atoms with van der Waals surface area (Å²) < 4.78 is 46.4. The molecule has 4 rings (SSSR count). The second-order valence-corrected chi connectivity index (χ2v) is 9.92. The zero-order valence-corrected chi connectivity index (χ0v) is 18.6. The van der Waals surface area contributed by atoms with Gasteiger partial charge in [-0.3, -0.25) is 10.1 Å². The predicted molar refractivity (Wildman–Crippen MR) is 114 cm³/mol. The van der Waals surface area contributed by atoms with Gasteiger partial charge in [0.1, 0.15) is 5.82 Å². The summed E-state index contributed by atoms with van der Waals surface area (Å²) >= 11 is 3.37. The number of aromatic nitrogens is 2. The van der Waals surface area contributed by atoms with Gasteiger partial charge in [0.2, 0.25) is 21.8 Å². The summed E-state index contributed by atoms with van der Waals surface area (Å²) in [7, 11) is -3.82. The lowest BCUT2D eigenvalue weighted by Crippen LogP contribution is -2.43. The van der Waals surface area contributed by atoms with Crippen LogP contribution in [0, 0.1) is 11.7 Å². The van der Waals surface area contributed by atoms with E-state index >= 15 is 0 Å². The van der Waals surface area contributed by atoms with E-state index in [-0.39, 0.29) is 29.9 Å². The fourth-order valence-corrected chi connectivity index (χ4v) is 5.27. The summed E-state index contributed by atoms with van der Waals surface area (Å²) in [5, 5.41) is 10.4. The number of sulfonamides is 1. The number of hydrogen-bond acceptors (Lipinski definition) is 6. The molecule has 162 valence electrons. The number of anilines is 1. The largest absolute Gasteiger partial charge is 0.403 e. The van der Waals surface area contributed by atoms with Gasteiger partial charge in [-0.25, -0.2) is 12.8 Å². The van der Waals surface area contributed by atoms with Crippen LogP contribution < -0.4 is 5.32 Å². The summed E-state index contributed by atoms with van der Waals surface area (Å²) in [4.78, 5) is 12.7. The van der Waals surface area contributed by atoms with Crippen LogP contribution in [0.5, 0.6) is 0 Å². The van der Waals surface area contributed by atoms with E-state index < -0.39 is 27.7 Å². The summed E-state index contributed by atoms with van der Waals surface area (Å²) in [5.41, 5.74) is 0.691. The van der Waals surface area contributed by atoms with Crippen LogP contribution >= 0.6 is 15.9 Å². The van der Waals surface area contributed by atoms with E-state index in [9.17, 15) is 17.6 Å². The highest BCUT2D eigenvalue weighted by Crippen LogP contribution is 2.26. The van der Waals surface area contributed by atoms with Gasteiger partial charge in [-0.1, -0.05) is 27.1 Å². The first-order valence-corrected chi connectivity index (χ1v) is 11.7. The average molecular weight is 509 g/mol. The number of carbonyl (C=O) groups excluding carboxylic acids is 1. The average Bonchev–Trinajstić information content (AvgIpc) is 3.23. The number of nitrogens with one attached hydrogen (secondary N) is 1. The smallest absolute Gasteiger partial charge is 0.322 e. The molecule has 0 bridgehead atoms. The second kappa shape index (κ2) is 8.85. The molecule has 1 amide bonds. The van der Waals surface area contributed by atoms with Crippen molar-refractivity contribution in [2.45, 2.75) is 17.7 Å². The third-order valence-electron chi connectivity index (χ3n) is 4.93. The minimum atomic E-state index is -3.82. The van der Waals surface area contributed by atoms with Crippen molar-refractivity contribution in [2.75, 3.05) is 18.4 Å². The highest BCUT2D eigenvalue weighted by Gasteiger charge is 2.33. The first kappa shape index (κ1) is 21.6. The van der Waals surface area contributed by atoms with Crippen molar-refractivity contribution < 1.29 is 22.0 Å². The van der Waals surface area contributed by atoms with Crippen LogP contribution in [0.4, 0.5) is 10.4 Å². The number of nitrogens with zero attached hydrogens (tertiary/aromatic N) is 3. The molecule has 1 saturated heterocycles. The molecule has 31 heavy (non-hydrogen) atoms. The van der Waals surface area contributed by atoms with Gasteiger partial charge in [0, 0.05) is 23.1 Å². The minimum Gasteiger partial charge on any atom is -0.403 e. The number of halogens is 2. The Kier molecular flexibility index (Phi) is 6.17. The van der Waals surface area contributed by atoms with Crippen molar-refractivity contribution in [3.8, 4) is 11.5 Å². The predicted octanol–water partition coefficient (Wildman–Crippen LogP) is 3.68. The van der Waals surface area contributed by atoms with Crippen LogP contribution in [-0.2, 0) is 14.8 Å². The third kappa shape index (κ3) is 4.83. The molecule has 1 aliphatic rings. The second-order valence-electron chi connectivity index (χ2n) is 7.07. The number of carbonyl (C=O) groups is 1. The first-order chi connectivity index (χ1) is 14.8. The summed E-state index contributed by atoms with van der Waals surface area (Å²) in [6.45, 7) is 0.301. The summed E-state index contributed by atoms with van der Waals surface area (Å²) in [5.74, 6) is -1.24. The lowest BCUT2D eigenvalue weighted by molar-refractivity contribution is -0.121. The number of hydrogen-bond donors (Lipinski definition) is 1. The van der Waals surface area contributed by atoms with Crippen LogP contribution in [0.3, 0.4) is 0 Å². The molecular weight excluding hydrogens is 491 g/mol. The molecule has 1 N–H and O–H groups in total. The molecule has 0 radical (unpaired) electrons. The highest BCUT2D eigenvalue weighted by molar-refractivity contribution is 9.10.